The molecule has 234 valence electrons. The zero-order chi connectivity index (χ0) is 31.6. The molecule has 43 heavy (non-hydrogen) atoms. The van der Waals surface area contributed by atoms with Crippen molar-refractivity contribution < 1.29 is 18.8 Å². The zero-order valence-corrected chi connectivity index (χ0v) is 28.4. The molecule has 2 aromatic carbocycles. The molecule has 7 nitrogen and oxygen atoms in total. The Bertz CT molecular complexity index is 1250. The fourth-order valence-corrected chi connectivity index (χ4v) is 6.50. The van der Waals surface area contributed by atoms with E-state index in [-0.39, 0.29) is 35.5 Å². The largest absolute Gasteiger partial charge is 0.444 e. The number of H-pyrrole nitrogens is 1. The number of aromatic nitrogens is 2. The first-order chi connectivity index (χ1) is 20.2. The summed E-state index contributed by atoms with van der Waals surface area (Å²) in [6, 6.07) is 20.1. The molecule has 3 aromatic rings. The first kappa shape index (κ1) is 34.3. The Morgan fingerprint density at radius 3 is 1.98 bits per heavy atom. The first-order valence-corrected chi connectivity index (χ1v) is 18.2. The molecule has 0 bridgehead atoms. The summed E-state index contributed by atoms with van der Waals surface area (Å²) in [5.74, 6) is 0.527. The van der Waals surface area contributed by atoms with Crippen molar-refractivity contribution in [2.45, 2.75) is 98.1 Å². The number of hydrogen-bond acceptors (Lipinski definition) is 5. The third kappa shape index (κ3) is 11.8. The Balaban J connectivity index is 1.97. The molecule has 8 heteroatoms. The second kappa shape index (κ2) is 15.5. The van der Waals surface area contributed by atoms with Gasteiger partial charge in [0, 0.05) is 30.8 Å². The molecular formula is C35H51N3O4Si. The van der Waals surface area contributed by atoms with E-state index in [4.69, 9.17) is 9.16 Å². The van der Waals surface area contributed by atoms with Gasteiger partial charge in [-0.2, -0.15) is 0 Å². The number of nitrogens with zero attached hydrogens (tertiary/aromatic N) is 1. The van der Waals surface area contributed by atoms with Crippen molar-refractivity contribution in [2.24, 2.45) is 17.3 Å². The lowest BCUT2D eigenvalue weighted by Crippen LogP contribution is -2.49. The highest BCUT2D eigenvalue weighted by Gasteiger charge is 2.38. The van der Waals surface area contributed by atoms with Gasteiger partial charge in [-0.1, -0.05) is 81.4 Å². The summed E-state index contributed by atoms with van der Waals surface area (Å²) < 4.78 is 12.0. The number of aromatic amines is 1. The van der Waals surface area contributed by atoms with Gasteiger partial charge in [0.1, 0.15) is 23.3 Å². The molecule has 0 saturated carbocycles. The molecule has 1 aromatic heterocycles. The van der Waals surface area contributed by atoms with Gasteiger partial charge in [0.05, 0.1) is 0 Å². The summed E-state index contributed by atoms with van der Waals surface area (Å²) in [5.41, 5.74) is 1.40. The van der Waals surface area contributed by atoms with E-state index in [1.54, 1.807) is 12.4 Å². The molecule has 0 fully saturated rings. The van der Waals surface area contributed by atoms with Crippen LogP contribution in [0.15, 0.2) is 73.1 Å². The Morgan fingerprint density at radius 1 is 0.907 bits per heavy atom. The van der Waals surface area contributed by atoms with Crippen molar-refractivity contribution in [2.75, 3.05) is 0 Å². The number of amides is 1. The third-order valence-electron chi connectivity index (χ3n) is 7.56. The lowest BCUT2D eigenvalue weighted by atomic mass is 9.69. The van der Waals surface area contributed by atoms with Crippen LogP contribution in [0.2, 0.25) is 13.1 Å². The van der Waals surface area contributed by atoms with E-state index in [9.17, 15) is 9.59 Å². The number of carbonyl (C=O) groups is 2. The zero-order valence-electron chi connectivity index (χ0n) is 27.2. The Labute approximate surface area is 259 Å². The van der Waals surface area contributed by atoms with Crippen LogP contribution in [0.1, 0.15) is 77.4 Å². The number of hydrogen-bond donors (Lipinski definition) is 2. The van der Waals surface area contributed by atoms with Gasteiger partial charge in [-0.15, -0.1) is 0 Å². The predicted molar refractivity (Wildman–Crippen MR) is 175 cm³/mol. The number of ketones is 1. The number of alkyl carbamates (subject to hydrolysis) is 1. The van der Waals surface area contributed by atoms with Crippen LogP contribution in [0.25, 0.3) is 0 Å². The van der Waals surface area contributed by atoms with Gasteiger partial charge < -0.3 is 19.5 Å². The highest BCUT2D eigenvalue weighted by molar-refractivity contribution is 6.48. The topological polar surface area (TPSA) is 93.3 Å². The molecule has 3 rings (SSSR count). The molecule has 2 N–H and O–H groups in total. The van der Waals surface area contributed by atoms with Crippen LogP contribution in [0.3, 0.4) is 0 Å². The summed E-state index contributed by atoms with van der Waals surface area (Å²) in [4.78, 5) is 35.0. The lowest BCUT2D eigenvalue weighted by molar-refractivity contribution is -0.125. The van der Waals surface area contributed by atoms with E-state index in [0.29, 0.717) is 25.1 Å². The number of carbonyl (C=O) groups excluding carboxylic acids is 2. The number of ether oxygens (including phenoxy) is 1. The summed E-state index contributed by atoms with van der Waals surface area (Å²) >= 11 is 0. The maximum Gasteiger partial charge on any atom is 0.407 e. The van der Waals surface area contributed by atoms with Crippen LogP contribution in [-0.4, -0.2) is 42.5 Å². The molecule has 0 aliphatic heterocycles. The maximum atomic E-state index is 14.3. The molecule has 0 aliphatic rings. The normalized spacial score (nSPS) is 15.0. The summed E-state index contributed by atoms with van der Waals surface area (Å²) in [6.07, 6.45) is 4.72. The fraction of sp³-hybridized carbons (Fsp3) is 0.514. The van der Waals surface area contributed by atoms with Crippen molar-refractivity contribution in [3.8, 4) is 0 Å². The van der Waals surface area contributed by atoms with Gasteiger partial charge in [0.2, 0.25) is 0 Å². The number of Topliss-reactive ketones (excluding diaryl/α,β-unsaturated/α-hetero) is 1. The van der Waals surface area contributed by atoms with Gasteiger partial charge in [-0.25, -0.2) is 9.78 Å². The van der Waals surface area contributed by atoms with Gasteiger partial charge in [-0.05, 0) is 75.6 Å². The smallest absolute Gasteiger partial charge is 0.407 e. The average molecular weight is 606 g/mol. The van der Waals surface area contributed by atoms with Crippen molar-refractivity contribution in [1.29, 1.82) is 0 Å². The SMILES string of the molecule is C[SiH](C)OC(CC(=O)[C@@H](Cc1ccccc1)C[C@H]([C@H](Cc1ccccc1)NC(=O)OC(C)(C)C)C(C)(C)C)c1ncc[nH]1. The first-order valence-electron chi connectivity index (χ1n) is 15.5. The highest BCUT2D eigenvalue weighted by Crippen LogP contribution is 2.38. The van der Waals surface area contributed by atoms with Crippen molar-refractivity contribution >= 4 is 20.9 Å². The fourth-order valence-electron chi connectivity index (χ4n) is 5.62. The monoisotopic (exact) mass is 605 g/mol. The van der Waals surface area contributed by atoms with Gasteiger partial charge >= 0.3 is 6.09 Å². The van der Waals surface area contributed by atoms with Crippen LogP contribution >= 0.6 is 0 Å². The summed E-state index contributed by atoms with van der Waals surface area (Å²) in [6.45, 7) is 16.4. The Kier molecular flexibility index (Phi) is 12.3. The molecular weight excluding hydrogens is 554 g/mol. The van der Waals surface area contributed by atoms with Crippen molar-refractivity contribution in [3.05, 3.63) is 90.0 Å². The van der Waals surface area contributed by atoms with E-state index < -0.39 is 26.8 Å². The highest BCUT2D eigenvalue weighted by atomic mass is 28.3. The minimum Gasteiger partial charge on any atom is -0.444 e. The van der Waals surface area contributed by atoms with Gasteiger partial charge in [0.25, 0.3) is 0 Å². The number of imidazole rings is 1. The van der Waals surface area contributed by atoms with Crippen LogP contribution in [-0.2, 0) is 26.8 Å². The van der Waals surface area contributed by atoms with Crippen molar-refractivity contribution in [1.82, 2.24) is 15.3 Å². The quantitative estimate of drug-likeness (QED) is 0.186. The molecule has 1 unspecified atom stereocenters. The van der Waals surface area contributed by atoms with Crippen LogP contribution in [0, 0.1) is 17.3 Å². The summed E-state index contributed by atoms with van der Waals surface area (Å²) in [7, 11) is -1.45. The molecule has 0 saturated heterocycles. The number of nitrogens with one attached hydrogen (secondary N) is 2. The van der Waals surface area contributed by atoms with E-state index in [2.05, 4.69) is 73.4 Å². The second-order valence-electron chi connectivity index (χ2n) is 13.9. The van der Waals surface area contributed by atoms with E-state index in [1.807, 2.05) is 57.2 Å². The molecule has 1 amide bonds. The lowest BCUT2D eigenvalue weighted by Gasteiger charge is -2.40. The van der Waals surface area contributed by atoms with Gasteiger partial charge in [-0.3, -0.25) is 4.79 Å². The predicted octanol–water partition coefficient (Wildman–Crippen LogP) is 7.46. The standard InChI is InChI=1S/C35H51N3O4Si/c1-34(2,3)28(29(22-26-17-13-10-14-18-26)38-33(40)41-35(4,5)6)23-27(21-25-15-11-9-12-16-25)30(39)24-31(42-43(7)8)32-36-19-20-37-32/h9-20,27-29,31,43H,21-24H2,1-8H3,(H,36,37)(H,38,40)/t27-,28+,29-,31?/m0/s1. The minimum absolute atomic E-state index is 0.0275. The van der Waals surface area contributed by atoms with Gasteiger partial charge in [0.15, 0.2) is 9.04 Å². The molecule has 4 atom stereocenters. The van der Waals surface area contributed by atoms with Crippen molar-refractivity contribution in [3.63, 3.8) is 0 Å². The second-order valence-corrected chi connectivity index (χ2v) is 16.2. The summed E-state index contributed by atoms with van der Waals surface area (Å²) in [5, 5.41) is 3.22. The van der Waals surface area contributed by atoms with Crippen LogP contribution in [0.5, 0.6) is 0 Å². The molecule has 0 aliphatic carbocycles. The number of benzene rings is 2. The van der Waals surface area contributed by atoms with Crippen LogP contribution in [0.4, 0.5) is 4.79 Å². The minimum atomic E-state index is -1.45. The van der Waals surface area contributed by atoms with E-state index in [0.717, 1.165) is 11.1 Å². The average Bonchev–Trinajstić information content (AvgIpc) is 3.44. The Hall–Kier alpha value is -3.23. The van der Waals surface area contributed by atoms with Crippen LogP contribution < -0.4 is 5.32 Å². The molecule has 1 heterocycles. The Morgan fingerprint density at radius 2 is 1.49 bits per heavy atom. The molecule has 0 spiro atoms. The maximum absolute atomic E-state index is 14.3. The van der Waals surface area contributed by atoms with E-state index >= 15 is 0 Å². The van der Waals surface area contributed by atoms with E-state index in [1.165, 1.54) is 0 Å². The number of rotatable bonds is 14. The molecule has 0 radical (unpaired) electrons. The third-order valence-corrected chi connectivity index (χ3v) is 8.44.